The molecule has 0 radical (unpaired) electrons. The Bertz CT molecular complexity index is 1050. The number of ether oxygens (including phenoxy) is 2. The minimum atomic E-state index is -1.58. The summed E-state index contributed by atoms with van der Waals surface area (Å²) in [7, 11) is 1.30. The molecule has 0 saturated heterocycles. The van der Waals surface area contributed by atoms with Crippen LogP contribution in [0.4, 0.5) is 0 Å². The number of carboxylic acids is 1. The third-order valence-corrected chi connectivity index (χ3v) is 5.21. The smallest absolute Gasteiger partial charge is 0.328 e. The molecular weight excluding hydrogens is 468 g/mol. The molecule has 2 aromatic carbocycles. The predicted molar refractivity (Wildman–Crippen MR) is 131 cm³/mol. The van der Waals surface area contributed by atoms with Crippen LogP contribution >= 0.6 is 0 Å². The van der Waals surface area contributed by atoms with Gasteiger partial charge in [-0.15, -0.1) is 0 Å². The maximum Gasteiger partial charge on any atom is 0.328 e. The summed E-state index contributed by atoms with van der Waals surface area (Å²) < 4.78 is 10.2. The topological polar surface area (TPSA) is 151 Å². The maximum absolute atomic E-state index is 12.5. The van der Waals surface area contributed by atoms with E-state index in [1.54, 1.807) is 48.5 Å². The van der Waals surface area contributed by atoms with E-state index in [9.17, 15) is 19.5 Å². The Hall–Kier alpha value is -3.79. The summed E-state index contributed by atoms with van der Waals surface area (Å²) in [5, 5.41) is 37.8. The lowest BCUT2D eigenvalue weighted by Gasteiger charge is -2.24. The third-order valence-electron chi connectivity index (χ3n) is 5.21. The fraction of sp³-hybridized carbons (Fsp3) is 0.296. The minimum absolute atomic E-state index is 0.0485. The van der Waals surface area contributed by atoms with Crippen LogP contribution in [0.1, 0.15) is 60.1 Å². The molecule has 4 N–H and O–H groups in total. The Morgan fingerprint density at radius 2 is 1.33 bits per heavy atom. The fourth-order valence-corrected chi connectivity index (χ4v) is 3.30. The van der Waals surface area contributed by atoms with Gasteiger partial charge in [0.15, 0.2) is 12.4 Å². The van der Waals surface area contributed by atoms with Crippen LogP contribution in [-0.4, -0.2) is 51.7 Å². The number of carbonyl (C=O) groups excluding carboxylic acids is 2. The van der Waals surface area contributed by atoms with Gasteiger partial charge in [-0.2, -0.15) is 0 Å². The molecular formula is C27H30O9. The summed E-state index contributed by atoms with van der Waals surface area (Å²) in [6.07, 6.45) is 2.38. The van der Waals surface area contributed by atoms with Gasteiger partial charge in [0.05, 0.1) is 7.11 Å². The maximum atomic E-state index is 12.5. The van der Waals surface area contributed by atoms with Gasteiger partial charge in [-0.3, -0.25) is 9.59 Å². The number of esters is 2. The number of unbranched alkanes of at least 4 members (excludes halogenated alkanes) is 1. The van der Waals surface area contributed by atoms with Crippen molar-refractivity contribution in [2.75, 3.05) is 7.11 Å². The van der Waals surface area contributed by atoms with Gasteiger partial charge >= 0.3 is 17.9 Å². The van der Waals surface area contributed by atoms with Crippen LogP contribution in [-0.2, 0) is 23.9 Å². The van der Waals surface area contributed by atoms with E-state index in [4.69, 9.17) is 20.1 Å². The molecule has 2 atom stereocenters. The van der Waals surface area contributed by atoms with Gasteiger partial charge < -0.3 is 29.9 Å². The van der Waals surface area contributed by atoms with Gasteiger partial charge in [-0.1, -0.05) is 54.6 Å². The van der Waals surface area contributed by atoms with Crippen molar-refractivity contribution in [1.82, 2.24) is 0 Å². The number of carboxylic acid groups (broad SMARTS) is 1. The van der Waals surface area contributed by atoms with Crippen LogP contribution in [0.5, 0.6) is 0 Å². The van der Waals surface area contributed by atoms with E-state index >= 15 is 0 Å². The number of aliphatic carboxylic acids is 1. The van der Waals surface area contributed by atoms with E-state index in [0.717, 1.165) is 6.08 Å². The van der Waals surface area contributed by atoms with Crippen LogP contribution in [0.25, 0.3) is 12.2 Å². The summed E-state index contributed by atoms with van der Waals surface area (Å²) in [6.45, 7) is 0. The first-order valence-corrected chi connectivity index (χ1v) is 11.3. The van der Waals surface area contributed by atoms with Crippen LogP contribution in [0, 0.1) is 0 Å². The molecule has 0 spiro atoms. The van der Waals surface area contributed by atoms with Crippen molar-refractivity contribution < 1.29 is 44.3 Å². The highest BCUT2D eigenvalue weighted by Gasteiger charge is 2.27. The second-order valence-electron chi connectivity index (χ2n) is 7.92. The average Bonchev–Trinajstić information content (AvgIpc) is 2.87. The molecule has 36 heavy (non-hydrogen) atoms. The van der Waals surface area contributed by atoms with Crippen molar-refractivity contribution in [2.45, 2.75) is 44.2 Å². The van der Waals surface area contributed by atoms with Gasteiger partial charge in [-0.05, 0) is 47.2 Å². The minimum Gasteiger partial charge on any atom is -0.478 e. The monoisotopic (exact) mass is 498 g/mol. The molecule has 0 fully saturated rings. The molecule has 0 bridgehead atoms. The summed E-state index contributed by atoms with van der Waals surface area (Å²) in [6, 6.07) is 13.2. The first kappa shape index (κ1) is 28.4. The van der Waals surface area contributed by atoms with E-state index in [-0.39, 0.29) is 18.8 Å². The molecule has 2 aromatic rings. The highest BCUT2D eigenvalue weighted by molar-refractivity contribution is 5.85. The SMILES string of the molecule is COC(=O)CCCCC(=O)OC(c1ccc(/C=C/C(=O)O)cc1)C(O)c1ccc(/C=C/C(O)O)cc1. The molecule has 192 valence electrons. The standard InChI is InChI=1S/C27H30O9/c1-35-24(32)4-2-3-5-25(33)36-27(21-14-8-19(9-15-21)11-17-23(30)31)26(34)20-12-6-18(7-13-20)10-16-22(28)29/h6-17,22,26-29,34H,2-5H2,1H3,(H,30,31)/b16-10+,17-11+. The summed E-state index contributed by atoms with van der Waals surface area (Å²) >= 11 is 0. The van der Waals surface area contributed by atoms with Crippen molar-refractivity contribution >= 4 is 30.1 Å². The van der Waals surface area contributed by atoms with Crippen LogP contribution in [0.15, 0.2) is 60.7 Å². The van der Waals surface area contributed by atoms with Crippen LogP contribution in [0.3, 0.4) is 0 Å². The predicted octanol–water partition coefficient (Wildman–Crippen LogP) is 3.16. The molecule has 9 heteroatoms. The molecule has 0 aliphatic heterocycles. The lowest BCUT2D eigenvalue weighted by Crippen LogP contribution is -2.18. The number of aliphatic hydroxyl groups is 3. The van der Waals surface area contributed by atoms with Crippen LogP contribution in [0.2, 0.25) is 0 Å². The Morgan fingerprint density at radius 1 is 0.806 bits per heavy atom. The molecule has 0 aromatic heterocycles. The van der Waals surface area contributed by atoms with Gasteiger partial charge in [0.25, 0.3) is 0 Å². The highest BCUT2D eigenvalue weighted by Crippen LogP contribution is 2.33. The van der Waals surface area contributed by atoms with Crippen molar-refractivity contribution in [1.29, 1.82) is 0 Å². The molecule has 2 unspecified atom stereocenters. The van der Waals surface area contributed by atoms with E-state index < -0.39 is 30.4 Å². The molecule has 2 rings (SSSR count). The van der Waals surface area contributed by atoms with Crippen molar-refractivity contribution in [3.63, 3.8) is 0 Å². The largest absolute Gasteiger partial charge is 0.478 e. The summed E-state index contributed by atoms with van der Waals surface area (Å²) in [4.78, 5) is 34.5. The van der Waals surface area contributed by atoms with Crippen molar-refractivity contribution in [2.24, 2.45) is 0 Å². The lowest BCUT2D eigenvalue weighted by atomic mass is 9.96. The zero-order chi connectivity index (χ0) is 26.5. The lowest BCUT2D eigenvalue weighted by molar-refractivity contribution is -0.156. The Morgan fingerprint density at radius 3 is 1.86 bits per heavy atom. The zero-order valence-electron chi connectivity index (χ0n) is 19.8. The zero-order valence-corrected chi connectivity index (χ0v) is 19.8. The van der Waals surface area contributed by atoms with Crippen molar-refractivity contribution in [3.05, 3.63) is 82.9 Å². The normalized spacial score (nSPS) is 13.1. The second kappa shape index (κ2) is 14.6. The van der Waals surface area contributed by atoms with E-state index in [2.05, 4.69) is 4.74 Å². The fourth-order valence-electron chi connectivity index (χ4n) is 3.30. The van der Waals surface area contributed by atoms with Crippen molar-refractivity contribution in [3.8, 4) is 0 Å². The number of rotatable bonds is 13. The number of aliphatic hydroxyl groups excluding tert-OH is 2. The molecule has 0 aliphatic rings. The number of methoxy groups -OCH3 is 1. The summed E-state index contributed by atoms with van der Waals surface area (Å²) in [5.41, 5.74) is 2.26. The van der Waals surface area contributed by atoms with E-state index in [0.29, 0.717) is 35.1 Å². The first-order valence-electron chi connectivity index (χ1n) is 11.3. The van der Waals surface area contributed by atoms with Gasteiger partial charge in [-0.25, -0.2) is 4.79 Å². The Kier molecular flexibility index (Phi) is 11.5. The average molecular weight is 499 g/mol. The molecule has 0 heterocycles. The molecule has 0 saturated carbocycles. The quantitative estimate of drug-likeness (QED) is 0.141. The Labute approximate surface area is 208 Å². The van der Waals surface area contributed by atoms with Crippen LogP contribution < -0.4 is 0 Å². The molecule has 9 nitrogen and oxygen atoms in total. The van der Waals surface area contributed by atoms with E-state index in [1.165, 1.54) is 25.3 Å². The van der Waals surface area contributed by atoms with E-state index in [1.807, 2.05) is 0 Å². The number of benzene rings is 2. The number of hydrogen-bond acceptors (Lipinski definition) is 8. The second-order valence-corrected chi connectivity index (χ2v) is 7.92. The number of hydrogen-bond donors (Lipinski definition) is 4. The molecule has 0 amide bonds. The molecule has 0 aliphatic carbocycles. The highest BCUT2D eigenvalue weighted by atomic mass is 16.6. The Balaban J connectivity index is 2.20. The first-order chi connectivity index (χ1) is 17.2. The third kappa shape index (κ3) is 9.83. The number of carbonyl (C=O) groups is 3. The van der Waals surface area contributed by atoms with Gasteiger partial charge in [0.1, 0.15) is 6.10 Å². The van der Waals surface area contributed by atoms with Gasteiger partial charge in [0, 0.05) is 18.9 Å². The van der Waals surface area contributed by atoms with Gasteiger partial charge in [0.2, 0.25) is 0 Å². The summed E-state index contributed by atoms with van der Waals surface area (Å²) in [5.74, 6) is -1.99.